The molecule has 3 fully saturated rings. The average Bonchev–Trinajstić information content (AvgIpc) is 3.49. The number of piperidine rings is 3. The minimum atomic E-state index is -1.06. The summed E-state index contributed by atoms with van der Waals surface area (Å²) in [6, 6.07) is 10.8. The van der Waals surface area contributed by atoms with Crippen LogP contribution in [0.4, 0.5) is 17.5 Å². The van der Waals surface area contributed by atoms with Crippen molar-refractivity contribution >= 4 is 69.5 Å². The third kappa shape index (κ3) is 8.67. The number of nitrogens with one attached hydrogen (secondary N) is 3. The van der Waals surface area contributed by atoms with Crippen LogP contribution in [0.5, 0.6) is 11.5 Å². The van der Waals surface area contributed by atoms with Gasteiger partial charge in [0.2, 0.25) is 17.8 Å². The van der Waals surface area contributed by atoms with Gasteiger partial charge in [-0.25, -0.2) is 4.98 Å². The van der Waals surface area contributed by atoms with Crippen molar-refractivity contribution in [2.75, 3.05) is 57.1 Å². The molecule has 0 radical (unpaired) electrons. The van der Waals surface area contributed by atoms with E-state index in [-0.39, 0.29) is 77.9 Å². The van der Waals surface area contributed by atoms with Gasteiger partial charge in [0, 0.05) is 63.2 Å². The second-order valence-corrected chi connectivity index (χ2v) is 16.7. The van der Waals surface area contributed by atoms with Crippen LogP contribution in [0.1, 0.15) is 72.7 Å². The van der Waals surface area contributed by atoms with E-state index in [1.54, 1.807) is 35.0 Å². The predicted molar refractivity (Wildman–Crippen MR) is 228 cm³/mol. The maximum absolute atomic E-state index is 13.6. The Morgan fingerprint density at radius 2 is 1.74 bits per heavy atom. The van der Waals surface area contributed by atoms with E-state index in [4.69, 9.17) is 30.8 Å². The number of imide groups is 2. The first kappa shape index (κ1) is 42.6. The van der Waals surface area contributed by atoms with Gasteiger partial charge in [0.15, 0.2) is 18.2 Å². The third-order valence-corrected chi connectivity index (χ3v) is 11.8. The summed E-state index contributed by atoms with van der Waals surface area (Å²) in [4.78, 5) is 90.9. The number of hydrogen-bond acceptors (Lipinski definition) is 14. The number of rotatable bonds is 12. The molecule has 4 aliphatic rings. The quantitative estimate of drug-likeness (QED) is 0.175. The minimum Gasteiger partial charge on any atom is -0.488 e. The number of amides is 5. The van der Waals surface area contributed by atoms with Gasteiger partial charge < -0.3 is 39.2 Å². The number of carbonyl (C=O) groups excluding carboxylic acids is 5. The van der Waals surface area contributed by atoms with E-state index >= 15 is 0 Å². The third-order valence-electron chi connectivity index (χ3n) is 11.5. The second-order valence-electron chi connectivity index (χ2n) is 16.3. The van der Waals surface area contributed by atoms with Crippen molar-refractivity contribution < 1.29 is 38.2 Å². The Kier molecular flexibility index (Phi) is 12.2. The van der Waals surface area contributed by atoms with Crippen LogP contribution in [0.15, 0.2) is 53.5 Å². The van der Waals surface area contributed by atoms with Gasteiger partial charge >= 0.3 is 0 Å². The molecule has 0 aliphatic carbocycles. The van der Waals surface area contributed by atoms with Crippen molar-refractivity contribution in [2.24, 2.45) is 0 Å². The Labute approximate surface area is 361 Å². The van der Waals surface area contributed by atoms with Crippen LogP contribution in [0.2, 0.25) is 5.02 Å². The van der Waals surface area contributed by atoms with Crippen molar-refractivity contribution in [3.8, 4) is 11.5 Å². The minimum absolute atomic E-state index is 0.0263. The summed E-state index contributed by atoms with van der Waals surface area (Å²) in [5, 5.41) is 9.07. The van der Waals surface area contributed by atoms with Crippen LogP contribution < -0.4 is 35.9 Å². The van der Waals surface area contributed by atoms with E-state index in [0.717, 1.165) is 23.1 Å². The van der Waals surface area contributed by atoms with Crippen LogP contribution in [-0.4, -0.2) is 125 Å². The number of ether oxygens (including phenoxy) is 3. The van der Waals surface area contributed by atoms with E-state index in [0.29, 0.717) is 60.6 Å². The van der Waals surface area contributed by atoms with E-state index in [2.05, 4.69) is 30.7 Å². The van der Waals surface area contributed by atoms with Gasteiger partial charge in [-0.3, -0.25) is 39.0 Å². The first-order chi connectivity index (χ1) is 29.8. The van der Waals surface area contributed by atoms with Crippen LogP contribution in [0.25, 0.3) is 10.9 Å². The highest BCUT2D eigenvalue weighted by atomic mass is 35.5. The molecule has 6 heterocycles. The molecule has 326 valence electrons. The highest BCUT2D eigenvalue weighted by Crippen LogP contribution is 2.36. The topological polar surface area (TPSA) is 207 Å². The zero-order valence-electron chi connectivity index (χ0n) is 34.8. The van der Waals surface area contributed by atoms with Gasteiger partial charge in [-0.15, -0.1) is 0 Å². The lowest BCUT2D eigenvalue weighted by Crippen LogP contribution is -2.54. The second kappa shape index (κ2) is 17.7. The fraction of sp³-hybridized carbons (Fsp3) is 0.442. The van der Waals surface area contributed by atoms with Crippen LogP contribution >= 0.6 is 11.6 Å². The van der Waals surface area contributed by atoms with Crippen molar-refractivity contribution in [3.63, 3.8) is 0 Å². The Balaban J connectivity index is 0.892. The van der Waals surface area contributed by atoms with Gasteiger partial charge in [-0.05, 0) is 76.6 Å². The summed E-state index contributed by atoms with van der Waals surface area (Å²) in [6.45, 7) is 6.09. The van der Waals surface area contributed by atoms with E-state index in [1.165, 1.54) is 7.05 Å². The van der Waals surface area contributed by atoms with Crippen LogP contribution in [0, 0.1) is 0 Å². The first-order valence-electron chi connectivity index (χ1n) is 20.7. The van der Waals surface area contributed by atoms with E-state index in [9.17, 15) is 28.8 Å². The summed E-state index contributed by atoms with van der Waals surface area (Å²) >= 11 is 6.59. The number of fused-ring (bicyclic) bond motifs is 2. The molecule has 2 aromatic heterocycles. The van der Waals surface area contributed by atoms with Crippen molar-refractivity contribution in [3.05, 3.63) is 75.2 Å². The fourth-order valence-corrected chi connectivity index (χ4v) is 8.72. The smallest absolute Gasteiger partial charge is 0.293 e. The SMILES string of the molecule is CNC(=O)COc1cc2cc(Nc3nc(N4CCC(O[C@@H]5CC(Oc6cccc7c6C(=O)N(C6CCC(=O)NC6=O)C7=O)CN(C)C5)CC4)ncc3Cl)ccc2n(C(C)C)c1=O. The fourth-order valence-electron chi connectivity index (χ4n) is 8.59. The first-order valence-corrected chi connectivity index (χ1v) is 21.1. The number of likely N-dealkylation sites (tertiary alicyclic amines) is 1. The molecule has 62 heavy (non-hydrogen) atoms. The molecule has 18 nitrogen and oxygen atoms in total. The van der Waals surface area contributed by atoms with Gasteiger partial charge in [-0.2, -0.15) is 4.98 Å². The molecule has 0 saturated carbocycles. The highest BCUT2D eigenvalue weighted by Gasteiger charge is 2.46. The molecule has 2 aromatic carbocycles. The number of likely N-dealkylation sites (N-methyl/N-ethyl adjacent to an activating group) is 2. The predicted octanol–water partition coefficient (Wildman–Crippen LogP) is 3.43. The number of aromatic nitrogens is 3. The summed E-state index contributed by atoms with van der Waals surface area (Å²) in [6.07, 6.45) is 3.18. The van der Waals surface area contributed by atoms with Gasteiger partial charge in [0.25, 0.3) is 23.3 Å². The molecule has 3 N–H and O–H groups in total. The van der Waals surface area contributed by atoms with Crippen LogP contribution in [-0.2, 0) is 19.1 Å². The Bertz CT molecular complexity index is 2510. The number of carbonyl (C=O) groups is 5. The molecule has 8 rings (SSSR count). The molecule has 0 bridgehead atoms. The van der Waals surface area contributed by atoms with Gasteiger partial charge in [0.1, 0.15) is 22.9 Å². The Morgan fingerprint density at radius 3 is 2.48 bits per heavy atom. The molecule has 3 saturated heterocycles. The normalized spacial score (nSPS) is 21.0. The summed E-state index contributed by atoms with van der Waals surface area (Å²) < 4.78 is 20.3. The number of hydrogen-bond donors (Lipinski definition) is 3. The lowest BCUT2D eigenvalue weighted by Gasteiger charge is -2.39. The summed E-state index contributed by atoms with van der Waals surface area (Å²) in [5.41, 5.74) is 1.35. The molecule has 2 unspecified atom stereocenters. The van der Waals surface area contributed by atoms with Gasteiger partial charge in [-0.1, -0.05) is 17.7 Å². The summed E-state index contributed by atoms with van der Waals surface area (Å²) in [5.74, 6) is -1.37. The lowest BCUT2D eigenvalue weighted by atomic mass is 10.0. The standard InChI is InChI=1S/C43H48ClN9O9/c1-23(2)52-31-9-8-25(16-24(31)17-34(41(52)58)60-22-36(55)45-3)47-38-30(44)19-46-43(49-38)51-14-12-26(13-15-51)61-27-18-28(21-50(4)20-27)62-33-7-5-6-29-37(33)42(59)53(40(29)57)32-10-11-35(54)48-39(32)56/h5-9,16-17,19,23,26-28,32H,10-15,18,20-22H2,1-4H3,(H,45,55)(H,46,47,49)(H,48,54,56)/t27-,28?,32?/m1/s1. The molecule has 0 spiro atoms. The van der Waals surface area contributed by atoms with Crippen molar-refractivity contribution in [1.29, 1.82) is 0 Å². The van der Waals surface area contributed by atoms with Gasteiger partial charge in [0.05, 0.1) is 35.0 Å². The lowest BCUT2D eigenvalue weighted by molar-refractivity contribution is -0.136. The van der Waals surface area contributed by atoms with E-state index < -0.39 is 29.7 Å². The average molecular weight is 870 g/mol. The molecule has 4 aliphatic heterocycles. The molecule has 19 heteroatoms. The largest absolute Gasteiger partial charge is 0.488 e. The number of pyridine rings is 1. The molecule has 4 aromatic rings. The van der Waals surface area contributed by atoms with E-state index in [1.807, 2.05) is 39.1 Å². The number of nitrogens with zero attached hydrogens (tertiary/aromatic N) is 6. The molecular weight excluding hydrogens is 822 g/mol. The molecule has 5 amide bonds. The maximum Gasteiger partial charge on any atom is 0.293 e. The Hall–Kier alpha value is -6.11. The Morgan fingerprint density at radius 1 is 0.968 bits per heavy atom. The maximum atomic E-state index is 13.6. The number of benzene rings is 2. The van der Waals surface area contributed by atoms with Crippen molar-refractivity contribution in [1.82, 2.24) is 35.0 Å². The van der Waals surface area contributed by atoms with Crippen LogP contribution in [0.3, 0.4) is 0 Å². The molecule has 3 atom stereocenters. The zero-order chi connectivity index (χ0) is 43.8. The highest BCUT2D eigenvalue weighted by molar-refractivity contribution is 6.33. The number of anilines is 3. The van der Waals surface area contributed by atoms with Crippen molar-refractivity contribution in [2.45, 2.75) is 76.3 Å². The molecular formula is C43H48ClN9O9. The number of halogens is 1. The summed E-state index contributed by atoms with van der Waals surface area (Å²) in [7, 11) is 3.48. The monoisotopic (exact) mass is 869 g/mol. The zero-order valence-corrected chi connectivity index (χ0v) is 35.6.